The van der Waals surface area contributed by atoms with E-state index in [4.69, 9.17) is 4.74 Å². The Hall–Kier alpha value is -0.540. The van der Waals surface area contributed by atoms with Crippen LogP contribution in [0.4, 0.5) is 18.3 Å². The van der Waals surface area contributed by atoms with Crippen LogP contribution in [0.3, 0.4) is 0 Å². The van der Waals surface area contributed by atoms with Gasteiger partial charge in [0.2, 0.25) is 5.13 Å². The van der Waals surface area contributed by atoms with Gasteiger partial charge in [0, 0.05) is 12.4 Å². The van der Waals surface area contributed by atoms with Crippen molar-refractivity contribution in [3.05, 3.63) is 0 Å². The number of aromatic nitrogens is 2. The van der Waals surface area contributed by atoms with Crippen molar-refractivity contribution in [3.63, 3.8) is 0 Å². The van der Waals surface area contributed by atoms with Crippen molar-refractivity contribution in [1.82, 2.24) is 10.2 Å². The summed E-state index contributed by atoms with van der Waals surface area (Å²) in [5.41, 5.74) is 0. The molecular formula is C10H14F3N3OS2. The van der Waals surface area contributed by atoms with Crippen LogP contribution in [0.5, 0.6) is 0 Å². The Kier molecular flexibility index (Phi) is 5.28. The van der Waals surface area contributed by atoms with E-state index in [1.807, 2.05) is 0 Å². The van der Waals surface area contributed by atoms with Gasteiger partial charge in [-0.25, -0.2) is 0 Å². The van der Waals surface area contributed by atoms with E-state index >= 15 is 0 Å². The minimum Gasteiger partial charge on any atom is -0.377 e. The third kappa shape index (κ3) is 5.53. The number of ether oxygens (including phenoxy) is 1. The Labute approximate surface area is 117 Å². The van der Waals surface area contributed by atoms with Crippen LogP contribution in [-0.4, -0.2) is 41.4 Å². The zero-order chi connectivity index (χ0) is 13.7. The van der Waals surface area contributed by atoms with Gasteiger partial charge in [0.15, 0.2) is 4.34 Å². The molecule has 2 rings (SSSR count). The van der Waals surface area contributed by atoms with Gasteiger partial charge in [-0.15, -0.1) is 10.2 Å². The molecule has 4 nitrogen and oxygen atoms in total. The number of nitrogens with zero attached hydrogens (tertiary/aromatic N) is 2. The quantitative estimate of drug-likeness (QED) is 0.846. The molecule has 108 valence electrons. The second-order valence-electron chi connectivity index (χ2n) is 4.14. The van der Waals surface area contributed by atoms with Crippen LogP contribution in [0.15, 0.2) is 4.34 Å². The molecule has 1 atom stereocenters. The lowest BCUT2D eigenvalue weighted by Gasteiger charge is -2.21. The molecule has 1 fully saturated rings. The normalized spacial score (nSPS) is 20.5. The monoisotopic (exact) mass is 313 g/mol. The number of anilines is 1. The molecule has 1 N–H and O–H groups in total. The SMILES string of the molecule is FC(F)(F)CNc1nnc(SCC2CCCCO2)s1. The summed E-state index contributed by atoms with van der Waals surface area (Å²) in [6.07, 6.45) is -0.722. The highest BCUT2D eigenvalue weighted by atomic mass is 32.2. The van der Waals surface area contributed by atoms with Crippen LogP contribution in [-0.2, 0) is 4.74 Å². The molecule has 0 saturated carbocycles. The maximum Gasteiger partial charge on any atom is 0.405 e. The summed E-state index contributed by atoms with van der Waals surface area (Å²) < 4.78 is 42.3. The van der Waals surface area contributed by atoms with Crippen molar-refractivity contribution in [1.29, 1.82) is 0 Å². The number of hydrogen-bond donors (Lipinski definition) is 1. The van der Waals surface area contributed by atoms with Gasteiger partial charge in [-0.05, 0) is 19.3 Å². The summed E-state index contributed by atoms with van der Waals surface area (Å²) in [6.45, 7) is -0.294. The maximum absolute atomic E-state index is 12.0. The number of alkyl halides is 3. The Morgan fingerprint density at radius 1 is 1.37 bits per heavy atom. The van der Waals surface area contributed by atoms with Gasteiger partial charge in [-0.1, -0.05) is 23.1 Å². The van der Waals surface area contributed by atoms with E-state index in [2.05, 4.69) is 15.5 Å². The van der Waals surface area contributed by atoms with E-state index in [-0.39, 0.29) is 11.2 Å². The minimum atomic E-state index is -4.24. The first kappa shape index (κ1) is 14.9. The van der Waals surface area contributed by atoms with Crippen LogP contribution >= 0.6 is 23.1 Å². The highest BCUT2D eigenvalue weighted by molar-refractivity contribution is 8.01. The predicted molar refractivity (Wildman–Crippen MR) is 68.8 cm³/mol. The van der Waals surface area contributed by atoms with Crippen molar-refractivity contribution >= 4 is 28.2 Å². The standard InChI is InChI=1S/C10H14F3N3OS2/c11-10(12,13)6-14-8-15-16-9(19-8)18-5-7-3-1-2-4-17-7/h7H,1-6H2,(H,14,15). The molecule has 0 bridgehead atoms. The fourth-order valence-electron chi connectivity index (χ4n) is 1.62. The summed E-state index contributed by atoms with van der Waals surface area (Å²) in [4.78, 5) is 0. The van der Waals surface area contributed by atoms with Crippen molar-refractivity contribution in [3.8, 4) is 0 Å². The lowest BCUT2D eigenvalue weighted by Crippen LogP contribution is -2.21. The Morgan fingerprint density at radius 2 is 2.21 bits per heavy atom. The molecule has 1 aromatic heterocycles. The van der Waals surface area contributed by atoms with Gasteiger partial charge in [-0.3, -0.25) is 0 Å². The first-order valence-corrected chi connectivity index (χ1v) is 7.72. The zero-order valence-electron chi connectivity index (χ0n) is 10.1. The average Bonchev–Trinajstić information content (AvgIpc) is 2.82. The van der Waals surface area contributed by atoms with Gasteiger partial charge >= 0.3 is 6.18 Å². The summed E-state index contributed by atoms with van der Waals surface area (Å²) in [5.74, 6) is 0.772. The smallest absolute Gasteiger partial charge is 0.377 e. The molecule has 0 aliphatic carbocycles. The summed E-state index contributed by atoms with van der Waals surface area (Å²) in [5, 5.41) is 9.94. The summed E-state index contributed by atoms with van der Waals surface area (Å²) >= 11 is 2.62. The number of rotatable bonds is 5. The lowest BCUT2D eigenvalue weighted by molar-refractivity contribution is -0.115. The highest BCUT2D eigenvalue weighted by Gasteiger charge is 2.27. The molecule has 0 spiro atoms. The summed E-state index contributed by atoms with van der Waals surface area (Å²) in [6, 6.07) is 0. The van der Waals surface area contributed by atoms with Crippen LogP contribution in [0, 0.1) is 0 Å². The fraction of sp³-hybridized carbons (Fsp3) is 0.800. The molecule has 0 radical (unpaired) electrons. The molecule has 9 heteroatoms. The molecular weight excluding hydrogens is 299 g/mol. The van der Waals surface area contributed by atoms with Gasteiger partial charge in [-0.2, -0.15) is 13.2 Å². The first-order valence-electron chi connectivity index (χ1n) is 5.91. The Bertz CT molecular complexity index is 394. The number of hydrogen-bond acceptors (Lipinski definition) is 6. The molecule has 1 unspecified atom stereocenters. The van der Waals surface area contributed by atoms with Crippen molar-refractivity contribution in [2.75, 3.05) is 24.2 Å². The molecule has 1 aromatic rings. The van der Waals surface area contributed by atoms with Crippen LogP contribution < -0.4 is 5.32 Å². The topological polar surface area (TPSA) is 47.0 Å². The van der Waals surface area contributed by atoms with E-state index in [1.54, 1.807) is 0 Å². The van der Waals surface area contributed by atoms with Crippen LogP contribution in [0.25, 0.3) is 0 Å². The molecule has 19 heavy (non-hydrogen) atoms. The van der Waals surface area contributed by atoms with Gasteiger partial charge in [0.25, 0.3) is 0 Å². The largest absolute Gasteiger partial charge is 0.405 e. The Balaban J connectivity index is 1.74. The Morgan fingerprint density at radius 3 is 2.89 bits per heavy atom. The average molecular weight is 313 g/mol. The molecule has 1 saturated heterocycles. The van der Waals surface area contributed by atoms with Gasteiger partial charge < -0.3 is 10.1 Å². The third-order valence-electron chi connectivity index (χ3n) is 2.51. The van der Waals surface area contributed by atoms with E-state index < -0.39 is 12.7 Å². The van der Waals surface area contributed by atoms with Gasteiger partial charge in [0.05, 0.1) is 6.10 Å². The first-order chi connectivity index (χ1) is 9.03. The molecule has 0 amide bonds. The van der Waals surface area contributed by atoms with E-state index in [0.29, 0.717) is 4.34 Å². The van der Waals surface area contributed by atoms with Crippen molar-refractivity contribution in [2.45, 2.75) is 35.9 Å². The van der Waals surface area contributed by atoms with Crippen LogP contribution in [0.2, 0.25) is 0 Å². The fourth-order valence-corrected chi connectivity index (χ4v) is 3.46. The van der Waals surface area contributed by atoms with Crippen molar-refractivity contribution in [2.24, 2.45) is 0 Å². The summed E-state index contributed by atoms with van der Waals surface area (Å²) in [7, 11) is 0. The number of nitrogens with one attached hydrogen (secondary N) is 1. The zero-order valence-corrected chi connectivity index (χ0v) is 11.7. The van der Waals surface area contributed by atoms with Gasteiger partial charge in [0.1, 0.15) is 6.54 Å². The number of thioether (sulfide) groups is 1. The molecule has 0 aromatic carbocycles. The van der Waals surface area contributed by atoms with E-state index in [1.165, 1.54) is 18.2 Å². The number of halogens is 3. The predicted octanol–water partition coefficient (Wildman–Crippen LogP) is 3.17. The second kappa shape index (κ2) is 6.76. The molecule has 1 aliphatic rings. The second-order valence-corrected chi connectivity index (χ2v) is 6.39. The third-order valence-corrected chi connectivity index (χ3v) is 4.66. The highest BCUT2D eigenvalue weighted by Crippen LogP contribution is 2.28. The minimum absolute atomic E-state index is 0.199. The molecule has 1 aliphatic heterocycles. The van der Waals surface area contributed by atoms with E-state index in [9.17, 15) is 13.2 Å². The van der Waals surface area contributed by atoms with E-state index in [0.717, 1.165) is 36.5 Å². The lowest BCUT2D eigenvalue weighted by atomic mass is 10.1. The van der Waals surface area contributed by atoms with Crippen LogP contribution in [0.1, 0.15) is 19.3 Å². The molecule has 2 heterocycles. The maximum atomic E-state index is 12.0. The van der Waals surface area contributed by atoms with Crippen molar-refractivity contribution < 1.29 is 17.9 Å².